The molecule has 1 atom stereocenters. The SMILES string of the molecule is FC(F)(F)c1cccc(SNC2CCN(Cc3ccc(OC4CCCC4)cc3)C2)c1. The molecule has 1 N–H and O–H groups in total. The van der Waals surface area contributed by atoms with Gasteiger partial charge in [0.25, 0.3) is 0 Å². The number of likely N-dealkylation sites (tertiary alicyclic amines) is 1. The Labute approximate surface area is 180 Å². The first-order valence-electron chi connectivity index (χ1n) is 10.5. The van der Waals surface area contributed by atoms with Crippen LogP contribution in [-0.2, 0) is 12.7 Å². The molecule has 7 heteroatoms. The normalized spacial score (nSPS) is 20.7. The molecule has 30 heavy (non-hydrogen) atoms. The predicted octanol–water partition coefficient (Wildman–Crippen LogP) is 5.90. The van der Waals surface area contributed by atoms with Crippen molar-refractivity contribution in [2.24, 2.45) is 0 Å². The van der Waals surface area contributed by atoms with Crippen LogP contribution in [0.3, 0.4) is 0 Å². The number of hydrogen-bond acceptors (Lipinski definition) is 4. The molecule has 0 bridgehead atoms. The summed E-state index contributed by atoms with van der Waals surface area (Å²) in [5.74, 6) is 0.948. The average Bonchev–Trinajstić information content (AvgIpc) is 3.40. The summed E-state index contributed by atoms with van der Waals surface area (Å²) < 4.78 is 47.9. The van der Waals surface area contributed by atoms with Gasteiger partial charge >= 0.3 is 6.18 Å². The van der Waals surface area contributed by atoms with Crippen LogP contribution in [0.1, 0.15) is 43.2 Å². The minimum absolute atomic E-state index is 0.259. The highest BCUT2D eigenvalue weighted by atomic mass is 32.2. The van der Waals surface area contributed by atoms with E-state index >= 15 is 0 Å². The highest BCUT2D eigenvalue weighted by Gasteiger charge is 2.30. The quantitative estimate of drug-likeness (QED) is 0.547. The van der Waals surface area contributed by atoms with Gasteiger partial charge in [-0.15, -0.1) is 0 Å². The van der Waals surface area contributed by atoms with Crippen molar-refractivity contribution in [1.82, 2.24) is 9.62 Å². The first-order valence-corrected chi connectivity index (χ1v) is 11.3. The van der Waals surface area contributed by atoms with Gasteiger partial charge in [-0.05, 0) is 79.9 Å². The standard InChI is InChI=1S/C23H27F3N2OS/c24-23(25,26)18-4-3-7-22(14-18)30-27-19-12-13-28(16-19)15-17-8-10-21(11-9-17)29-20-5-1-2-6-20/h3-4,7-11,14,19-20,27H,1-2,5-6,12-13,15-16H2. The van der Waals surface area contributed by atoms with Crippen LogP contribution < -0.4 is 9.46 Å². The second-order valence-corrected chi connectivity index (χ2v) is 9.05. The van der Waals surface area contributed by atoms with Gasteiger partial charge < -0.3 is 4.74 Å². The van der Waals surface area contributed by atoms with Gasteiger partial charge in [-0.3, -0.25) is 9.62 Å². The van der Waals surface area contributed by atoms with Crippen LogP contribution in [0, 0.1) is 0 Å². The predicted molar refractivity (Wildman–Crippen MR) is 113 cm³/mol. The van der Waals surface area contributed by atoms with E-state index < -0.39 is 11.7 Å². The lowest BCUT2D eigenvalue weighted by atomic mass is 10.2. The molecule has 2 aliphatic rings. The van der Waals surface area contributed by atoms with Gasteiger partial charge in [0.05, 0.1) is 11.7 Å². The number of halogens is 3. The maximum atomic E-state index is 12.8. The van der Waals surface area contributed by atoms with E-state index in [-0.39, 0.29) is 6.04 Å². The molecule has 1 saturated carbocycles. The number of nitrogens with one attached hydrogen (secondary N) is 1. The van der Waals surface area contributed by atoms with E-state index in [1.54, 1.807) is 6.07 Å². The van der Waals surface area contributed by atoms with Crippen molar-refractivity contribution in [3.8, 4) is 5.75 Å². The summed E-state index contributed by atoms with van der Waals surface area (Å²) in [6.45, 7) is 2.73. The number of rotatable bonds is 7. The zero-order valence-electron chi connectivity index (χ0n) is 16.8. The van der Waals surface area contributed by atoms with Crippen LogP contribution >= 0.6 is 11.9 Å². The minimum Gasteiger partial charge on any atom is -0.490 e. The Kier molecular flexibility index (Phi) is 6.91. The minimum atomic E-state index is -4.31. The maximum Gasteiger partial charge on any atom is 0.416 e. The van der Waals surface area contributed by atoms with Gasteiger partial charge in [-0.25, -0.2) is 0 Å². The van der Waals surface area contributed by atoms with Crippen LogP contribution in [0.15, 0.2) is 53.4 Å². The van der Waals surface area contributed by atoms with Crippen LogP contribution in [0.25, 0.3) is 0 Å². The first kappa shape index (κ1) is 21.5. The van der Waals surface area contributed by atoms with Crippen LogP contribution in [0.2, 0.25) is 0 Å². The van der Waals surface area contributed by atoms with Crippen LogP contribution in [0.5, 0.6) is 5.75 Å². The molecule has 162 valence electrons. The molecule has 4 rings (SSSR count). The summed E-state index contributed by atoms with van der Waals surface area (Å²) in [7, 11) is 0. The molecule has 1 aliphatic carbocycles. The van der Waals surface area contributed by atoms with Gasteiger partial charge in [-0.2, -0.15) is 13.2 Å². The highest BCUT2D eigenvalue weighted by Crippen LogP contribution is 2.31. The topological polar surface area (TPSA) is 24.5 Å². The highest BCUT2D eigenvalue weighted by molar-refractivity contribution is 7.97. The van der Waals surface area contributed by atoms with Crippen molar-refractivity contribution < 1.29 is 17.9 Å². The van der Waals surface area contributed by atoms with Crippen molar-refractivity contribution in [3.05, 3.63) is 59.7 Å². The summed E-state index contributed by atoms with van der Waals surface area (Å²) in [5, 5.41) is 0. The Bertz CT molecular complexity index is 822. The molecular weight excluding hydrogens is 409 g/mol. The first-order chi connectivity index (χ1) is 14.5. The maximum absolute atomic E-state index is 12.8. The fourth-order valence-corrected chi connectivity index (χ4v) is 4.92. The lowest BCUT2D eigenvalue weighted by Gasteiger charge is -2.18. The van der Waals surface area contributed by atoms with Gasteiger partial charge in [0, 0.05) is 30.6 Å². The average molecular weight is 437 g/mol. The summed E-state index contributed by atoms with van der Waals surface area (Å²) in [5.41, 5.74) is 0.641. The number of alkyl halides is 3. The molecule has 0 amide bonds. The Hall–Kier alpha value is -1.70. The van der Waals surface area contributed by atoms with Gasteiger partial charge in [-0.1, -0.05) is 18.2 Å². The van der Waals surface area contributed by atoms with Crippen LogP contribution in [-0.4, -0.2) is 30.1 Å². The molecule has 1 aliphatic heterocycles. The fourth-order valence-electron chi connectivity index (χ4n) is 4.09. The number of nitrogens with zero attached hydrogens (tertiary/aromatic N) is 1. The molecule has 2 aromatic rings. The van der Waals surface area contributed by atoms with E-state index in [9.17, 15) is 13.2 Å². The number of hydrogen-bond donors (Lipinski definition) is 1. The second kappa shape index (κ2) is 9.62. The zero-order valence-corrected chi connectivity index (χ0v) is 17.6. The molecule has 1 heterocycles. The Morgan fingerprint density at radius 1 is 1.03 bits per heavy atom. The van der Waals surface area contributed by atoms with E-state index in [4.69, 9.17) is 4.74 Å². The summed E-state index contributed by atoms with van der Waals surface area (Å²) >= 11 is 1.28. The van der Waals surface area contributed by atoms with Crippen molar-refractivity contribution in [3.63, 3.8) is 0 Å². The molecule has 3 nitrogen and oxygen atoms in total. The molecule has 2 aromatic carbocycles. The van der Waals surface area contributed by atoms with Gasteiger partial charge in [0.15, 0.2) is 0 Å². The molecule has 2 fully saturated rings. The van der Waals surface area contributed by atoms with Crippen molar-refractivity contribution in [2.45, 2.75) is 61.9 Å². The molecular formula is C23H27F3N2OS. The van der Waals surface area contributed by atoms with E-state index in [0.29, 0.717) is 11.0 Å². The largest absolute Gasteiger partial charge is 0.490 e. The molecule has 1 saturated heterocycles. The Morgan fingerprint density at radius 2 is 1.80 bits per heavy atom. The van der Waals surface area contributed by atoms with Crippen molar-refractivity contribution >= 4 is 11.9 Å². The third kappa shape index (κ3) is 5.93. The Balaban J connectivity index is 1.23. The van der Waals surface area contributed by atoms with E-state index in [1.165, 1.54) is 42.5 Å². The van der Waals surface area contributed by atoms with E-state index in [1.807, 2.05) is 0 Å². The van der Waals surface area contributed by atoms with E-state index in [2.05, 4.69) is 33.9 Å². The molecule has 0 spiro atoms. The summed E-state index contributed by atoms with van der Waals surface area (Å²) in [4.78, 5) is 2.96. The summed E-state index contributed by atoms with van der Waals surface area (Å²) in [6, 6.07) is 14.1. The van der Waals surface area contributed by atoms with Crippen molar-refractivity contribution in [1.29, 1.82) is 0 Å². The summed E-state index contributed by atoms with van der Waals surface area (Å²) in [6.07, 6.45) is 1.88. The number of ether oxygens (including phenoxy) is 1. The molecule has 1 unspecified atom stereocenters. The smallest absolute Gasteiger partial charge is 0.416 e. The lowest BCUT2D eigenvalue weighted by molar-refractivity contribution is -0.137. The molecule has 0 aromatic heterocycles. The third-order valence-electron chi connectivity index (χ3n) is 5.71. The van der Waals surface area contributed by atoms with E-state index in [0.717, 1.165) is 50.7 Å². The second-order valence-electron chi connectivity index (χ2n) is 8.13. The van der Waals surface area contributed by atoms with Crippen LogP contribution in [0.4, 0.5) is 13.2 Å². The van der Waals surface area contributed by atoms with Gasteiger partial charge in [0.2, 0.25) is 0 Å². The van der Waals surface area contributed by atoms with Crippen molar-refractivity contribution in [2.75, 3.05) is 13.1 Å². The number of benzene rings is 2. The monoisotopic (exact) mass is 436 g/mol. The van der Waals surface area contributed by atoms with Gasteiger partial charge in [0.1, 0.15) is 5.75 Å². The molecule has 0 radical (unpaired) electrons. The fraction of sp³-hybridized carbons (Fsp3) is 0.478. The third-order valence-corrected chi connectivity index (χ3v) is 6.65. The zero-order chi connectivity index (χ0) is 21.0. The Morgan fingerprint density at radius 3 is 2.53 bits per heavy atom. The lowest BCUT2D eigenvalue weighted by Crippen LogP contribution is -2.28.